The van der Waals surface area contributed by atoms with Crippen LogP contribution in [0.15, 0.2) is 30.3 Å². The van der Waals surface area contributed by atoms with Crippen LogP contribution in [0, 0.1) is 6.92 Å². The van der Waals surface area contributed by atoms with E-state index in [4.69, 9.17) is 0 Å². The van der Waals surface area contributed by atoms with Crippen LogP contribution in [0.5, 0.6) is 0 Å². The van der Waals surface area contributed by atoms with E-state index in [2.05, 4.69) is 62.6 Å². The second kappa shape index (κ2) is 4.87. The summed E-state index contributed by atoms with van der Waals surface area (Å²) >= 11 is 0. The fourth-order valence-electron chi connectivity index (χ4n) is 3.20. The summed E-state index contributed by atoms with van der Waals surface area (Å²) in [6, 6.07) is 10.8. The third kappa shape index (κ3) is 2.44. The van der Waals surface area contributed by atoms with Crippen LogP contribution in [0.4, 0.5) is 0 Å². The van der Waals surface area contributed by atoms with Crippen LogP contribution in [-0.4, -0.2) is 10.4 Å². The van der Waals surface area contributed by atoms with E-state index >= 15 is 0 Å². The first-order chi connectivity index (χ1) is 9.88. The smallest absolute Gasteiger partial charge is 0.164 e. The number of aryl methyl sites for hydroxylation is 1. The minimum absolute atomic E-state index is 0.166. The van der Waals surface area contributed by atoms with Crippen molar-refractivity contribution in [3.63, 3.8) is 0 Å². The van der Waals surface area contributed by atoms with Crippen molar-refractivity contribution in [2.24, 2.45) is 0 Å². The van der Waals surface area contributed by atoms with E-state index in [1.165, 1.54) is 11.3 Å². The maximum Gasteiger partial charge on any atom is 0.164 e. The lowest BCUT2D eigenvalue weighted by molar-refractivity contribution is 0.0972. The van der Waals surface area contributed by atoms with Gasteiger partial charge in [-0.15, -0.1) is 0 Å². The molecule has 0 unspecified atom stereocenters. The Kier molecular flexibility index (Phi) is 3.27. The van der Waals surface area contributed by atoms with E-state index in [0.29, 0.717) is 12.2 Å². The lowest BCUT2D eigenvalue weighted by Gasteiger charge is -2.20. The first-order valence-electron chi connectivity index (χ1n) is 7.73. The van der Waals surface area contributed by atoms with Gasteiger partial charge in [-0.1, -0.05) is 32.9 Å². The van der Waals surface area contributed by atoms with Crippen LogP contribution in [0.3, 0.4) is 0 Å². The van der Waals surface area contributed by atoms with Gasteiger partial charge in [-0.05, 0) is 48.9 Å². The minimum atomic E-state index is 0.166. The van der Waals surface area contributed by atoms with Gasteiger partial charge in [0.15, 0.2) is 5.78 Å². The molecule has 0 bridgehead atoms. The van der Waals surface area contributed by atoms with Gasteiger partial charge < -0.3 is 4.57 Å². The van der Waals surface area contributed by atoms with E-state index in [1.54, 1.807) is 0 Å². The number of hydrogen-bond acceptors (Lipinski definition) is 1. The van der Waals surface area contributed by atoms with Gasteiger partial charge in [-0.2, -0.15) is 0 Å². The van der Waals surface area contributed by atoms with Crippen LogP contribution in [0.25, 0.3) is 5.69 Å². The summed E-state index contributed by atoms with van der Waals surface area (Å²) in [6.45, 7) is 8.76. The summed E-state index contributed by atoms with van der Waals surface area (Å²) in [5, 5.41) is 0. The fourth-order valence-corrected chi connectivity index (χ4v) is 3.20. The van der Waals surface area contributed by atoms with Crippen LogP contribution in [0.1, 0.15) is 60.9 Å². The van der Waals surface area contributed by atoms with Gasteiger partial charge in [0.2, 0.25) is 0 Å². The molecule has 0 saturated carbocycles. The van der Waals surface area contributed by atoms with E-state index in [9.17, 15) is 4.79 Å². The Hall–Kier alpha value is -1.83. The zero-order valence-corrected chi connectivity index (χ0v) is 13.4. The molecule has 3 rings (SSSR count). The molecule has 0 spiro atoms. The molecule has 1 aliphatic rings. The second-order valence-corrected chi connectivity index (χ2v) is 7.06. The molecule has 0 radical (unpaired) electrons. The van der Waals surface area contributed by atoms with Crippen LogP contribution >= 0.6 is 0 Å². The topological polar surface area (TPSA) is 22.0 Å². The number of hydrogen-bond donors (Lipinski definition) is 0. The lowest BCUT2D eigenvalue weighted by atomic mass is 9.87. The summed E-state index contributed by atoms with van der Waals surface area (Å²) in [5.41, 5.74) is 5.93. The van der Waals surface area contributed by atoms with Crippen molar-refractivity contribution in [2.75, 3.05) is 0 Å². The highest BCUT2D eigenvalue weighted by Crippen LogP contribution is 2.29. The Labute approximate surface area is 126 Å². The van der Waals surface area contributed by atoms with Crippen LogP contribution < -0.4 is 0 Å². The SMILES string of the molecule is Cc1cc2c(n1-c1ccc(C(C)(C)C)cc1)CCCC2=O. The summed E-state index contributed by atoms with van der Waals surface area (Å²) in [5.74, 6) is 0.296. The number of nitrogens with zero attached hydrogens (tertiary/aromatic N) is 1. The molecule has 0 amide bonds. The second-order valence-electron chi connectivity index (χ2n) is 7.06. The fraction of sp³-hybridized carbons (Fsp3) is 0.421. The number of ketones is 1. The predicted octanol–water partition coefficient (Wildman–Crippen LogP) is 4.60. The molecule has 0 fully saturated rings. The molecule has 0 N–H and O–H groups in total. The zero-order chi connectivity index (χ0) is 15.2. The molecule has 21 heavy (non-hydrogen) atoms. The molecule has 0 saturated heterocycles. The first kappa shape index (κ1) is 14.1. The maximum absolute atomic E-state index is 12.1. The molecule has 0 aliphatic heterocycles. The Bertz CT molecular complexity index is 684. The molecule has 1 aromatic carbocycles. The molecule has 110 valence electrons. The quantitative estimate of drug-likeness (QED) is 0.748. The van der Waals surface area contributed by atoms with E-state index < -0.39 is 0 Å². The molecule has 2 aromatic rings. The maximum atomic E-state index is 12.1. The third-order valence-electron chi connectivity index (χ3n) is 4.40. The molecule has 1 heterocycles. The summed E-state index contributed by atoms with van der Waals surface area (Å²) in [7, 11) is 0. The summed E-state index contributed by atoms with van der Waals surface area (Å²) in [4.78, 5) is 12.1. The minimum Gasteiger partial charge on any atom is -0.317 e. The molecule has 1 aromatic heterocycles. The van der Waals surface area contributed by atoms with Gasteiger partial charge in [0.05, 0.1) is 0 Å². The van der Waals surface area contributed by atoms with Crippen molar-refractivity contribution in [2.45, 2.75) is 52.4 Å². The highest BCUT2D eigenvalue weighted by Gasteiger charge is 2.23. The number of rotatable bonds is 1. The number of benzene rings is 1. The van der Waals surface area contributed by atoms with Crippen molar-refractivity contribution < 1.29 is 4.79 Å². The number of carbonyl (C=O) groups excluding carboxylic acids is 1. The van der Waals surface area contributed by atoms with Gasteiger partial charge in [-0.3, -0.25) is 4.79 Å². The number of Topliss-reactive ketones (excluding diaryl/α,β-unsaturated/α-hetero) is 1. The average Bonchev–Trinajstić information content (AvgIpc) is 2.76. The van der Waals surface area contributed by atoms with E-state index in [0.717, 1.165) is 29.8 Å². The van der Waals surface area contributed by atoms with Crippen molar-refractivity contribution >= 4 is 5.78 Å². The van der Waals surface area contributed by atoms with Crippen molar-refractivity contribution in [1.82, 2.24) is 4.57 Å². The summed E-state index contributed by atoms with van der Waals surface area (Å²) in [6.07, 6.45) is 2.66. The predicted molar refractivity (Wildman–Crippen MR) is 86.5 cm³/mol. The number of fused-ring (bicyclic) bond motifs is 1. The Morgan fingerprint density at radius 3 is 2.33 bits per heavy atom. The van der Waals surface area contributed by atoms with Gasteiger partial charge >= 0.3 is 0 Å². The van der Waals surface area contributed by atoms with Crippen LogP contribution in [0.2, 0.25) is 0 Å². The monoisotopic (exact) mass is 281 g/mol. The van der Waals surface area contributed by atoms with Gasteiger partial charge in [0.1, 0.15) is 0 Å². The van der Waals surface area contributed by atoms with Gasteiger partial charge in [-0.25, -0.2) is 0 Å². The Morgan fingerprint density at radius 1 is 1.05 bits per heavy atom. The van der Waals surface area contributed by atoms with Crippen molar-refractivity contribution in [1.29, 1.82) is 0 Å². The van der Waals surface area contributed by atoms with Gasteiger partial charge in [0, 0.05) is 29.1 Å². The standard InChI is InChI=1S/C19H23NO/c1-13-12-16-17(6-5-7-18(16)21)20(13)15-10-8-14(9-11-15)19(2,3)4/h8-12H,5-7H2,1-4H3. The Morgan fingerprint density at radius 2 is 1.71 bits per heavy atom. The molecular weight excluding hydrogens is 258 g/mol. The Balaban J connectivity index is 2.07. The molecule has 1 aliphatic carbocycles. The van der Waals surface area contributed by atoms with Crippen LogP contribution in [-0.2, 0) is 11.8 Å². The third-order valence-corrected chi connectivity index (χ3v) is 4.40. The van der Waals surface area contributed by atoms with Gasteiger partial charge in [0.25, 0.3) is 0 Å². The highest BCUT2D eigenvalue weighted by molar-refractivity contribution is 5.98. The first-order valence-corrected chi connectivity index (χ1v) is 7.73. The zero-order valence-electron chi connectivity index (χ0n) is 13.4. The lowest BCUT2D eigenvalue weighted by Crippen LogP contribution is -2.13. The van der Waals surface area contributed by atoms with Crippen molar-refractivity contribution in [3.05, 3.63) is 52.8 Å². The molecule has 2 heteroatoms. The number of carbonyl (C=O) groups is 1. The molecule has 2 nitrogen and oxygen atoms in total. The average molecular weight is 281 g/mol. The molecule has 0 atom stereocenters. The normalized spacial score (nSPS) is 15.1. The number of aromatic nitrogens is 1. The molecular formula is C19H23NO. The van der Waals surface area contributed by atoms with E-state index in [1.807, 2.05) is 0 Å². The highest BCUT2D eigenvalue weighted by atomic mass is 16.1. The largest absolute Gasteiger partial charge is 0.317 e. The van der Waals surface area contributed by atoms with E-state index in [-0.39, 0.29) is 5.41 Å². The summed E-state index contributed by atoms with van der Waals surface area (Å²) < 4.78 is 2.25. The van der Waals surface area contributed by atoms with Crippen molar-refractivity contribution in [3.8, 4) is 5.69 Å².